The Morgan fingerprint density at radius 3 is 2.38 bits per heavy atom. The number of hydrogen-bond donors (Lipinski definition) is 0. The molecule has 0 aliphatic heterocycles. The summed E-state index contributed by atoms with van der Waals surface area (Å²) < 4.78 is 15.6. The summed E-state index contributed by atoms with van der Waals surface area (Å²) in [5, 5.41) is 0. The summed E-state index contributed by atoms with van der Waals surface area (Å²) in [5.74, 6) is 0.848. The maximum atomic E-state index is 5.49. The number of methoxy groups -OCH3 is 1. The molecule has 1 rings (SSSR count). The molecule has 1 aromatic rings. The largest absolute Gasteiger partial charge is 0.491 e. The van der Waals surface area contributed by atoms with Gasteiger partial charge >= 0.3 is 0 Å². The molecular formula is C13H18O3. The van der Waals surface area contributed by atoms with E-state index in [9.17, 15) is 0 Å². The summed E-state index contributed by atoms with van der Waals surface area (Å²) in [7, 11) is 1.65. The Balaban J connectivity index is 2.14. The van der Waals surface area contributed by atoms with E-state index in [0.29, 0.717) is 26.4 Å². The molecule has 0 saturated heterocycles. The summed E-state index contributed by atoms with van der Waals surface area (Å²) in [4.78, 5) is 0. The fourth-order valence-corrected chi connectivity index (χ4v) is 1.16. The zero-order chi connectivity index (χ0) is 11.6. The van der Waals surface area contributed by atoms with Crippen LogP contribution in [0.15, 0.2) is 30.8 Å². The maximum Gasteiger partial charge on any atom is 0.119 e. The molecule has 16 heavy (non-hydrogen) atoms. The highest BCUT2D eigenvalue weighted by Gasteiger charge is 1.93. The van der Waals surface area contributed by atoms with Gasteiger partial charge in [-0.2, -0.15) is 0 Å². The van der Waals surface area contributed by atoms with E-state index in [-0.39, 0.29) is 0 Å². The fourth-order valence-electron chi connectivity index (χ4n) is 1.16. The van der Waals surface area contributed by atoms with Crippen LogP contribution in [0.4, 0.5) is 0 Å². The van der Waals surface area contributed by atoms with Gasteiger partial charge in [-0.15, -0.1) is 0 Å². The van der Waals surface area contributed by atoms with Gasteiger partial charge in [0, 0.05) is 7.11 Å². The summed E-state index contributed by atoms with van der Waals surface area (Å²) >= 11 is 0. The van der Waals surface area contributed by atoms with Crippen LogP contribution in [0, 0.1) is 0 Å². The van der Waals surface area contributed by atoms with Gasteiger partial charge in [-0.05, 0) is 17.7 Å². The second-order valence-corrected chi connectivity index (χ2v) is 3.23. The van der Waals surface area contributed by atoms with Gasteiger partial charge in [-0.1, -0.05) is 24.8 Å². The van der Waals surface area contributed by atoms with Crippen molar-refractivity contribution in [2.45, 2.75) is 0 Å². The Morgan fingerprint density at radius 1 is 1.06 bits per heavy atom. The Morgan fingerprint density at radius 2 is 1.75 bits per heavy atom. The van der Waals surface area contributed by atoms with Gasteiger partial charge in [0.2, 0.25) is 0 Å². The smallest absolute Gasteiger partial charge is 0.119 e. The van der Waals surface area contributed by atoms with Crippen molar-refractivity contribution in [3.8, 4) is 5.75 Å². The van der Waals surface area contributed by atoms with Crippen molar-refractivity contribution in [1.29, 1.82) is 0 Å². The third-order valence-electron chi connectivity index (χ3n) is 2.04. The summed E-state index contributed by atoms with van der Waals surface area (Å²) in [5.41, 5.74) is 1.09. The zero-order valence-corrected chi connectivity index (χ0v) is 9.65. The number of benzene rings is 1. The minimum Gasteiger partial charge on any atom is -0.491 e. The molecule has 88 valence electrons. The molecule has 0 aliphatic carbocycles. The third kappa shape index (κ3) is 4.96. The van der Waals surface area contributed by atoms with Gasteiger partial charge in [-0.3, -0.25) is 0 Å². The van der Waals surface area contributed by atoms with Crippen molar-refractivity contribution in [3.63, 3.8) is 0 Å². The normalized spacial score (nSPS) is 10.1. The Labute approximate surface area is 96.6 Å². The van der Waals surface area contributed by atoms with Gasteiger partial charge in [0.05, 0.1) is 19.8 Å². The monoisotopic (exact) mass is 222 g/mol. The topological polar surface area (TPSA) is 27.7 Å². The lowest BCUT2D eigenvalue weighted by molar-refractivity contribution is 0.0544. The van der Waals surface area contributed by atoms with Crippen LogP contribution in [-0.2, 0) is 9.47 Å². The van der Waals surface area contributed by atoms with E-state index in [1.54, 1.807) is 13.2 Å². The minimum absolute atomic E-state index is 0.553. The highest BCUT2D eigenvalue weighted by Crippen LogP contribution is 2.12. The molecule has 3 heteroatoms. The highest BCUT2D eigenvalue weighted by atomic mass is 16.5. The molecular weight excluding hydrogens is 204 g/mol. The number of hydrogen-bond acceptors (Lipinski definition) is 3. The van der Waals surface area contributed by atoms with E-state index in [1.807, 2.05) is 24.3 Å². The maximum absolute atomic E-state index is 5.49. The predicted octanol–water partition coefficient (Wildman–Crippen LogP) is 2.37. The quantitative estimate of drug-likeness (QED) is 0.632. The summed E-state index contributed by atoms with van der Waals surface area (Å²) in [6.45, 7) is 6.05. The molecule has 0 amide bonds. The second kappa shape index (κ2) is 7.91. The molecule has 0 radical (unpaired) electrons. The van der Waals surface area contributed by atoms with Crippen LogP contribution >= 0.6 is 0 Å². The minimum atomic E-state index is 0.553. The van der Waals surface area contributed by atoms with E-state index in [2.05, 4.69) is 6.58 Å². The van der Waals surface area contributed by atoms with Crippen LogP contribution in [0.5, 0.6) is 5.75 Å². The first-order valence-electron chi connectivity index (χ1n) is 5.29. The van der Waals surface area contributed by atoms with Crippen LogP contribution in [-0.4, -0.2) is 33.5 Å². The van der Waals surface area contributed by atoms with E-state index in [1.165, 1.54) is 0 Å². The van der Waals surface area contributed by atoms with Crippen molar-refractivity contribution in [2.24, 2.45) is 0 Å². The molecule has 0 atom stereocenters. The first-order chi connectivity index (χ1) is 7.86. The van der Waals surface area contributed by atoms with Gasteiger partial charge in [0.25, 0.3) is 0 Å². The predicted molar refractivity (Wildman–Crippen MR) is 64.7 cm³/mol. The summed E-state index contributed by atoms with van der Waals surface area (Å²) in [6.07, 6.45) is 1.80. The molecule has 1 aromatic carbocycles. The third-order valence-corrected chi connectivity index (χ3v) is 2.04. The number of ether oxygens (including phenoxy) is 3. The Kier molecular flexibility index (Phi) is 6.30. The van der Waals surface area contributed by atoms with Gasteiger partial charge in [-0.25, -0.2) is 0 Å². The molecule has 3 nitrogen and oxygen atoms in total. The van der Waals surface area contributed by atoms with Gasteiger partial charge in [0.15, 0.2) is 0 Å². The lowest BCUT2D eigenvalue weighted by atomic mass is 10.2. The van der Waals surface area contributed by atoms with Crippen LogP contribution in [0.2, 0.25) is 0 Å². The van der Waals surface area contributed by atoms with Crippen molar-refractivity contribution in [1.82, 2.24) is 0 Å². The second-order valence-electron chi connectivity index (χ2n) is 3.23. The van der Waals surface area contributed by atoms with Crippen molar-refractivity contribution in [2.75, 3.05) is 33.5 Å². The standard InChI is InChI=1S/C13H18O3/c1-3-12-4-6-13(7-5-12)16-11-10-15-9-8-14-2/h3-7H,1,8-11H2,2H3. The zero-order valence-electron chi connectivity index (χ0n) is 9.65. The van der Waals surface area contributed by atoms with Crippen LogP contribution in [0.3, 0.4) is 0 Å². The van der Waals surface area contributed by atoms with Crippen LogP contribution < -0.4 is 4.74 Å². The SMILES string of the molecule is C=Cc1ccc(OCCOCCOC)cc1. The molecule has 0 fully saturated rings. The molecule has 0 aromatic heterocycles. The molecule has 0 spiro atoms. The Bertz CT molecular complexity index is 293. The van der Waals surface area contributed by atoms with Gasteiger partial charge in [0.1, 0.15) is 12.4 Å². The van der Waals surface area contributed by atoms with E-state index < -0.39 is 0 Å². The van der Waals surface area contributed by atoms with Crippen molar-refractivity contribution < 1.29 is 14.2 Å². The Hall–Kier alpha value is -1.32. The summed E-state index contributed by atoms with van der Waals surface area (Å²) in [6, 6.07) is 7.78. The highest BCUT2D eigenvalue weighted by molar-refractivity contribution is 5.48. The van der Waals surface area contributed by atoms with E-state index >= 15 is 0 Å². The molecule has 0 unspecified atom stereocenters. The average Bonchev–Trinajstić information content (AvgIpc) is 2.34. The molecule has 0 heterocycles. The molecule has 0 saturated carbocycles. The average molecular weight is 222 g/mol. The van der Waals surface area contributed by atoms with Crippen LogP contribution in [0.1, 0.15) is 5.56 Å². The molecule has 0 bridgehead atoms. The van der Waals surface area contributed by atoms with Gasteiger partial charge < -0.3 is 14.2 Å². The van der Waals surface area contributed by atoms with E-state index in [0.717, 1.165) is 11.3 Å². The molecule has 0 N–H and O–H groups in total. The first-order valence-corrected chi connectivity index (χ1v) is 5.29. The van der Waals surface area contributed by atoms with Crippen LogP contribution in [0.25, 0.3) is 6.08 Å². The first kappa shape index (κ1) is 12.7. The lowest BCUT2D eigenvalue weighted by Crippen LogP contribution is -2.09. The lowest BCUT2D eigenvalue weighted by Gasteiger charge is -2.07. The fraction of sp³-hybridized carbons (Fsp3) is 0.385. The molecule has 0 aliphatic rings. The van der Waals surface area contributed by atoms with Crippen molar-refractivity contribution >= 4 is 6.08 Å². The van der Waals surface area contributed by atoms with E-state index in [4.69, 9.17) is 14.2 Å². The number of rotatable bonds is 8. The van der Waals surface area contributed by atoms with Crippen molar-refractivity contribution in [3.05, 3.63) is 36.4 Å².